The molecule has 0 spiro atoms. The minimum atomic E-state index is -4.37. The standard InChI is InChI=1S/C15H16F3N3OS/c16-15(17,18)10-1-2-12-11(5-10)21-14(23-12)4-3-13(22)20-8-9-6-19-7-9/h1-2,5,9,19H,3-4,6-8H2,(H,20,22). The van der Waals surface area contributed by atoms with E-state index in [2.05, 4.69) is 15.6 Å². The highest BCUT2D eigenvalue weighted by molar-refractivity contribution is 7.18. The highest BCUT2D eigenvalue weighted by Crippen LogP contribution is 2.33. The zero-order chi connectivity index (χ0) is 16.4. The quantitative estimate of drug-likeness (QED) is 0.877. The van der Waals surface area contributed by atoms with Crippen molar-refractivity contribution in [3.8, 4) is 0 Å². The molecule has 3 rings (SSSR count). The van der Waals surface area contributed by atoms with Gasteiger partial charge < -0.3 is 10.6 Å². The Balaban J connectivity index is 1.58. The van der Waals surface area contributed by atoms with Crippen LogP contribution in [-0.4, -0.2) is 30.5 Å². The maximum atomic E-state index is 12.7. The molecule has 1 amide bonds. The van der Waals surface area contributed by atoms with Crippen molar-refractivity contribution in [2.24, 2.45) is 5.92 Å². The molecule has 0 atom stereocenters. The van der Waals surface area contributed by atoms with Gasteiger partial charge in [-0.3, -0.25) is 4.79 Å². The van der Waals surface area contributed by atoms with Crippen LogP contribution in [0.4, 0.5) is 13.2 Å². The summed E-state index contributed by atoms with van der Waals surface area (Å²) >= 11 is 1.33. The van der Waals surface area contributed by atoms with Gasteiger partial charge >= 0.3 is 6.18 Å². The molecule has 8 heteroatoms. The number of nitrogens with one attached hydrogen (secondary N) is 2. The van der Waals surface area contributed by atoms with Crippen molar-refractivity contribution in [1.29, 1.82) is 0 Å². The first-order valence-electron chi connectivity index (χ1n) is 7.36. The van der Waals surface area contributed by atoms with Crippen LogP contribution in [0, 0.1) is 5.92 Å². The van der Waals surface area contributed by atoms with Gasteiger partial charge in [0.1, 0.15) is 0 Å². The number of aromatic nitrogens is 1. The van der Waals surface area contributed by atoms with E-state index < -0.39 is 11.7 Å². The largest absolute Gasteiger partial charge is 0.416 e. The number of halogens is 3. The zero-order valence-electron chi connectivity index (χ0n) is 12.2. The van der Waals surface area contributed by atoms with Gasteiger partial charge in [0.15, 0.2) is 0 Å². The summed E-state index contributed by atoms with van der Waals surface area (Å²) in [5.74, 6) is 0.453. The van der Waals surface area contributed by atoms with Crippen molar-refractivity contribution in [2.45, 2.75) is 19.0 Å². The third kappa shape index (κ3) is 4.00. The van der Waals surface area contributed by atoms with Gasteiger partial charge in [0.2, 0.25) is 5.91 Å². The predicted octanol–water partition coefficient (Wildman–Crippen LogP) is 2.58. The van der Waals surface area contributed by atoms with Crippen LogP contribution in [0.5, 0.6) is 0 Å². The lowest BCUT2D eigenvalue weighted by Crippen LogP contribution is -2.48. The Bertz CT molecular complexity index is 710. The molecule has 1 aliphatic rings. The third-order valence-electron chi connectivity index (χ3n) is 3.78. The average Bonchev–Trinajstić information content (AvgIpc) is 2.84. The summed E-state index contributed by atoms with van der Waals surface area (Å²) in [5.41, 5.74) is -0.366. The van der Waals surface area contributed by atoms with E-state index in [1.54, 1.807) is 0 Å². The first kappa shape index (κ1) is 16.2. The number of hydrogen-bond acceptors (Lipinski definition) is 4. The van der Waals surface area contributed by atoms with Gasteiger partial charge in [0, 0.05) is 38.4 Å². The zero-order valence-corrected chi connectivity index (χ0v) is 13.1. The van der Waals surface area contributed by atoms with Crippen molar-refractivity contribution in [2.75, 3.05) is 19.6 Å². The molecule has 1 aromatic carbocycles. The van der Waals surface area contributed by atoms with Gasteiger partial charge in [-0.15, -0.1) is 11.3 Å². The molecule has 1 saturated heterocycles. The Morgan fingerprint density at radius 3 is 2.83 bits per heavy atom. The van der Waals surface area contributed by atoms with Gasteiger partial charge in [-0.05, 0) is 18.2 Å². The van der Waals surface area contributed by atoms with E-state index >= 15 is 0 Å². The van der Waals surface area contributed by atoms with E-state index in [-0.39, 0.29) is 5.91 Å². The van der Waals surface area contributed by atoms with Gasteiger partial charge in [-0.2, -0.15) is 13.2 Å². The Morgan fingerprint density at radius 1 is 1.39 bits per heavy atom. The number of nitrogens with zero attached hydrogens (tertiary/aromatic N) is 1. The fraction of sp³-hybridized carbons (Fsp3) is 0.467. The minimum absolute atomic E-state index is 0.0489. The second-order valence-electron chi connectivity index (χ2n) is 5.62. The maximum absolute atomic E-state index is 12.7. The van der Waals surface area contributed by atoms with Crippen LogP contribution in [0.1, 0.15) is 17.0 Å². The van der Waals surface area contributed by atoms with E-state index in [1.807, 2.05) is 0 Å². The molecule has 4 nitrogen and oxygen atoms in total. The summed E-state index contributed by atoms with van der Waals surface area (Å²) in [5, 5.41) is 6.68. The fourth-order valence-corrected chi connectivity index (χ4v) is 3.27. The Hall–Kier alpha value is -1.67. The van der Waals surface area contributed by atoms with E-state index in [0.717, 1.165) is 25.2 Å². The van der Waals surface area contributed by atoms with Crippen LogP contribution >= 0.6 is 11.3 Å². The SMILES string of the molecule is O=C(CCc1nc2cc(C(F)(F)F)ccc2s1)NCC1CNC1. The van der Waals surface area contributed by atoms with Crippen LogP contribution in [0.15, 0.2) is 18.2 Å². The van der Waals surface area contributed by atoms with Crippen LogP contribution in [-0.2, 0) is 17.4 Å². The number of carbonyl (C=O) groups excluding carboxylic acids is 1. The number of fused-ring (bicyclic) bond motifs is 1. The highest BCUT2D eigenvalue weighted by Gasteiger charge is 2.30. The number of thiazole rings is 1. The van der Waals surface area contributed by atoms with Gasteiger partial charge in [0.25, 0.3) is 0 Å². The molecule has 2 heterocycles. The van der Waals surface area contributed by atoms with Crippen molar-refractivity contribution in [3.63, 3.8) is 0 Å². The van der Waals surface area contributed by atoms with E-state index in [1.165, 1.54) is 17.4 Å². The lowest BCUT2D eigenvalue weighted by Gasteiger charge is -2.27. The first-order chi connectivity index (χ1) is 10.9. The first-order valence-corrected chi connectivity index (χ1v) is 8.17. The normalized spacial score (nSPS) is 15.6. The summed E-state index contributed by atoms with van der Waals surface area (Å²) in [4.78, 5) is 16.0. The lowest BCUT2D eigenvalue weighted by atomic mass is 10.0. The number of amides is 1. The highest BCUT2D eigenvalue weighted by atomic mass is 32.1. The second kappa shape index (κ2) is 6.45. The summed E-state index contributed by atoms with van der Waals surface area (Å²) in [6.45, 7) is 2.53. The average molecular weight is 343 g/mol. The van der Waals surface area contributed by atoms with E-state index in [4.69, 9.17) is 0 Å². The number of alkyl halides is 3. The summed E-state index contributed by atoms with van der Waals surface area (Å²) in [6.07, 6.45) is -3.63. The summed E-state index contributed by atoms with van der Waals surface area (Å²) in [6, 6.07) is 3.55. The van der Waals surface area contributed by atoms with Crippen molar-refractivity contribution in [3.05, 3.63) is 28.8 Å². The molecule has 0 bridgehead atoms. The molecule has 0 saturated carbocycles. The Morgan fingerprint density at radius 2 is 2.17 bits per heavy atom. The van der Waals surface area contributed by atoms with Crippen LogP contribution in [0.3, 0.4) is 0 Å². The fourth-order valence-electron chi connectivity index (χ4n) is 2.32. The molecule has 1 aromatic heterocycles. The van der Waals surface area contributed by atoms with Crippen LogP contribution in [0.25, 0.3) is 10.2 Å². The molecular weight excluding hydrogens is 327 g/mol. The van der Waals surface area contributed by atoms with Crippen LogP contribution < -0.4 is 10.6 Å². The Labute approximate surface area is 135 Å². The molecule has 1 fully saturated rings. The molecule has 124 valence electrons. The second-order valence-corrected chi connectivity index (χ2v) is 6.73. The Kier molecular flexibility index (Phi) is 4.54. The van der Waals surface area contributed by atoms with Crippen molar-refractivity contribution < 1.29 is 18.0 Å². The molecule has 0 radical (unpaired) electrons. The van der Waals surface area contributed by atoms with Gasteiger partial charge in [-0.25, -0.2) is 4.98 Å². The molecule has 1 aliphatic heterocycles. The topological polar surface area (TPSA) is 54.0 Å². The van der Waals surface area contributed by atoms with Gasteiger partial charge in [0.05, 0.1) is 20.8 Å². The summed E-state index contributed by atoms with van der Waals surface area (Å²) < 4.78 is 38.7. The lowest BCUT2D eigenvalue weighted by molar-refractivity contribution is -0.137. The number of carbonyl (C=O) groups is 1. The monoisotopic (exact) mass is 343 g/mol. The molecule has 23 heavy (non-hydrogen) atoms. The number of benzene rings is 1. The minimum Gasteiger partial charge on any atom is -0.356 e. The molecule has 2 aromatic rings. The van der Waals surface area contributed by atoms with Gasteiger partial charge in [-0.1, -0.05) is 0 Å². The number of hydrogen-bond donors (Lipinski definition) is 2. The predicted molar refractivity (Wildman–Crippen MR) is 82.3 cm³/mol. The molecular formula is C15H16F3N3OS. The van der Waals surface area contributed by atoms with Crippen LogP contribution in [0.2, 0.25) is 0 Å². The van der Waals surface area contributed by atoms with E-state index in [0.29, 0.717) is 40.5 Å². The van der Waals surface area contributed by atoms with E-state index in [9.17, 15) is 18.0 Å². The summed E-state index contributed by atoms with van der Waals surface area (Å²) in [7, 11) is 0. The third-order valence-corrected chi connectivity index (χ3v) is 4.88. The molecule has 0 aliphatic carbocycles. The molecule has 0 unspecified atom stereocenters. The smallest absolute Gasteiger partial charge is 0.356 e. The number of aryl methyl sites for hydroxylation is 1. The van der Waals surface area contributed by atoms with Crippen molar-refractivity contribution >= 4 is 27.5 Å². The maximum Gasteiger partial charge on any atom is 0.416 e. The number of rotatable bonds is 5. The van der Waals surface area contributed by atoms with Crippen molar-refractivity contribution in [1.82, 2.24) is 15.6 Å². The molecule has 2 N–H and O–H groups in total.